The molecule has 0 spiro atoms. The number of halogens is 1. The number of hydrogen-bond donors (Lipinski definition) is 0. The highest BCUT2D eigenvalue weighted by atomic mass is 79.9. The summed E-state index contributed by atoms with van der Waals surface area (Å²) >= 11 is 4.90. The van der Waals surface area contributed by atoms with Gasteiger partial charge in [0.2, 0.25) is 0 Å². The molecule has 2 heterocycles. The molecule has 0 amide bonds. The summed E-state index contributed by atoms with van der Waals surface area (Å²) in [6, 6.07) is 12.6. The van der Waals surface area contributed by atoms with Crippen molar-refractivity contribution in [3.63, 3.8) is 0 Å². The second-order valence-corrected chi connectivity index (χ2v) is 10.0. The number of benzene rings is 2. The highest BCUT2D eigenvalue weighted by molar-refractivity contribution is 9.10. The van der Waals surface area contributed by atoms with Crippen LogP contribution in [0.15, 0.2) is 68.0 Å². The van der Waals surface area contributed by atoms with Gasteiger partial charge in [-0.15, -0.1) is 0 Å². The van der Waals surface area contributed by atoms with Crippen LogP contribution in [0.2, 0.25) is 0 Å². The molecule has 2 aromatic carbocycles. The van der Waals surface area contributed by atoms with E-state index in [1.165, 1.54) is 11.3 Å². The van der Waals surface area contributed by atoms with Crippen molar-refractivity contribution in [2.24, 2.45) is 4.99 Å². The Labute approximate surface area is 215 Å². The van der Waals surface area contributed by atoms with E-state index in [1.54, 1.807) is 25.5 Å². The van der Waals surface area contributed by atoms with E-state index in [0.717, 1.165) is 15.7 Å². The standard InChI is InChI=1S/C26H26BrN3O4S/c1-6-34-25(32)22-15(2)28-26-30(23(22)17-9-7-8-10-20(17)33-5)24(31)21(35-26)14-16-11-12-19(29(3)4)18(27)13-16/h7-14,23H,6H2,1-5H3/t23-/m0/s1. The van der Waals surface area contributed by atoms with Crippen LogP contribution >= 0.6 is 27.3 Å². The largest absolute Gasteiger partial charge is 0.496 e. The van der Waals surface area contributed by atoms with E-state index in [-0.39, 0.29) is 12.2 Å². The van der Waals surface area contributed by atoms with Gasteiger partial charge in [0.25, 0.3) is 5.56 Å². The van der Waals surface area contributed by atoms with Crippen LogP contribution in [-0.4, -0.2) is 38.3 Å². The smallest absolute Gasteiger partial charge is 0.338 e. The zero-order valence-corrected chi connectivity index (χ0v) is 22.6. The number of para-hydroxylation sites is 1. The number of ether oxygens (including phenoxy) is 2. The number of rotatable bonds is 6. The van der Waals surface area contributed by atoms with Gasteiger partial charge >= 0.3 is 5.97 Å². The first kappa shape index (κ1) is 24.9. The number of nitrogens with zero attached hydrogens (tertiary/aromatic N) is 3. The van der Waals surface area contributed by atoms with Crippen molar-refractivity contribution in [2.75, 3.05) is 32.7 Å². The van der Waals surface area contributed by atoms with Crippen LogP contribution in [0.4, 0.5) is 5.69 Å². The van der Waals surface area contributed by atoms with Gasteiger partial charge in [-0.25, -0.2) is 9.79 Å². The van der Waals surface area contributed by atoms with Crippen LogP contribution < -0.4 is 24.5 Å². The molecule has 1 aliphatic rings. The lowest BCUT2D eigenvalue weighted by atomic mass is 9.95. The molecular formula is C26H26BrN3O4S. The van der Waals surface area contributed by atoms with E-state index in [0.29, 0.717) is 31.9 Å². The minimum absolute atomic E-state index is 0.219. The Morgan fingerprint density at radius 1 is 1.26 bits per heavy atom. The molecule has 0 saturated carbocycles. The summed E-state index contributed by atoms with van der Waals surface area (Å²) in [7, 11) is 5.51. The van der Waals surface area contributed by atoms with Crippen molar-refractivity contribution >= 4 is 45.0 Å². The van der Waals surface area contributed by atoms with Gasteiger partial charge in [-0.3, -0.25) is 9.36 Å². The SMILES string of the molecule is CCOC(=O)C1=C(C)N=c2sc(=Cc3ccc(N(C)C)c(Br)c3)c(=O)n2[C@H]1c1ccccc1OC. The average molecular weight is 556 g/mol. The maximum atomic E-state index is 13.7. The Hall–Kier alpha value is -3.17. The maximum Gasteiger partial charge on any atom is 0.338 e. The van der Waals surface area contributed by atoms with E-state index in [4.69, 9.17) is 9.47 Å². The van der Waals surface area contributed by atoms with Gasteiger partial charge in [-0.1, -0.05) is 35.6 Å². The third-order valence-electron chi connectivity index (χ3n) is 5.70. The molecular weight excluding hydrogens is 530 g/mol. The van der Waals surface area contributed by atoms with Gasteiger partial charge < -0.3 is 14.4 Å². The second-order valence-electron chi connectivity index (χ2n) is 8.15. The first-order chi connectivity index (χ1) is 16.8. The van der Waals surface area contributed by atoms with Crippen LogP contribution in [0.5, 0.6) is 5.75 Å². The molecule has 0 saturated heterocycles. The Kier molecular flexibility index (Phi) is 7.28. The molecule has 35 heavy (non-hydrogen) atoms. The van der Waals surface area contributed by atoms with Crippen LogP contribution in [0.3, 0.4) is 0 Å². The fourth-order valence-corrected chi connectivity index (χ4v) is 5.90. The van der Waals surface area contributed by atoms with Crippen molar-refractivity contribution in [2.45, 2.75) is 19.9 Å². The summed E-state index contributed by atoms with van der Waals surface area (Å²) in [6.45, 7) is 3.74. The monoisotopic (exact) mass is 555 g/mol. The minimum Gasteiger partial charge on any atom is -0.496 e. The van der Waals surface area contributed by atoms with E-state index >= 15 is 0 Å². The molecule has 0 fully saturated rings. The summed E-state index contributed by atoms with van der Waals surface area (Å²) in [5, 5.41) is 0. The quantitative estimate of drug-likeness (QED) is 0.434. The van der Waals surface area contributed by atoms with Crippen molar-refractivity contribution in [3.05, 3.63) is 89.0 Å². The molecule has 3 aromatic rings. The summed E-state index contributed by atoms with van der Waals surface area (Å²) in [5.74, 6) is 0.0777. The molecule has 0 bridgehead atoms. The average Bonchev–Trinajstić information content (AvgIpc) is 3.12. The number of anilines is 1. The number of hydrogen-bond acceptors (Lipinski definition) is 7. The number of fused-ring (bicyclic) bond motifs is 1. The van der Waals surface area contributed by atoms with E-state index in [1.807, 2.05) is 67.5 Å². The number of carbonyl (C=O) groups excluding carboxylic acids is 1. The normalized spacial score (nSPS) is 15.5. The van der Waals surface area contributed by atoms with Crippen molar-refractivity contribution in [3.8, 4) is 5.75 Å². The Balaban J connectivity index is 1.95. The predicted molar refractivity (Wildman–Crippen MR) is 142 cm³/mol. The summed E-state index contributed by atoms with van der Waals surface area (Å²) in [5.41, 5.74) is 3.22. The number of aromatic nitrogens is 1. The molecule has 1 aliphatic heterocycles. The predicted octanol–water partition coefficient (Wildman–Crippen LogP) is 3.64. The molecule has 182 valence electrons. The maximum absolute atomic E-state index is 13.7. The molecule has 1 aromatic heterocycles. The molecule has 0 N–H and O–H groups in total. The van der Waals surface area contributed by atoms with Crippen LogP contribution in [0, 0.1) is 0 Å². The zero-order valence-electron chi connectivity index (χ0n) is 20.2. The van der Waals surface area contributed by atoms with E-state index < -0.39 is 12.0 Å². The minimum atomic E-state index is -0.716. The lowest BCUT2D eigenvalue weighted by molar-refractivity contribution is -0.139. The zero-order chi connectivity index (χ0) is 25.3. The third-order valence-corrected chi connectivity index (χ3v) is 7.32. The van der Waals surface area contributed by atoms with Gasteiger partial charge in [0.05, 0.1) is 35.2 Å². The summed E-state index contributed by atoms with van der Waals surface area (Å²) in [6.07, 6.45) is 1.84. The molecule has 0 radical (unpaired) electrons. The van der Waals surface area contributed by atoms with Gasteiger partial charge in [-0.05, 0) is 59.6 Å². The topological polar surface area (TPSA) is 73.1 Å². The van der Waals surface area contributed by atoms with Gasteiger partial charge in [-0.2, -0.15) is 0 Å². The number of methoxy groups -OCH3 is 1. The fourth-order valence-electron chi connectivity index (χ4n) is 4.11. The van der Waals surface area contributed by atoms with Gasteiger partial charge in [0, 0.05) is 24.1 Å². The first-order valence-corrected chi connectivity index (χ1v) is 12.7. The molecule has 0 aliphatic carbocycles. The van der Waals surface area contributed by atoms with Crippen molar-refractivity contribution in [1.82, 2.24) is 4.57 Å². The van der Waals surface area contributed by atoms with Gasteiger partial charge in [0.1, 0.15) is 11.8 Å². The fraction of sp³-hybridized carbons (Fsp3) is 0.269. The van der Waals surface area contributed by atoms with Crippen LogP contribution in [0.1, 0.15) is 31.0 Å². The summed E-state index contributed by atoms with van der Waals surface area (Å²) < 4.78 is 14.0. The van der Waals surface area contributed by atoms with Crippen molar-refractivity contribution in [1.29, 1.82) is 0 Å². The highest BCUT2D eigenvalue weighted by Crippen LogP contribution is 2.35. The molecule has 0 unspecified atom stereocenters. The third kappa shape index (κ3) is 4.70. The molecule has 1 atom stereocenters. The molecule has 9 heteroatoms. The van der Waals surface area contributed by atoms with E-state index in [9.17, 15) is 9.59 Å². The molecule has 4 rings (SSSR count). The molecule has 7 nitrogen and oxygen atoms in total. The number of esters is 1. The number of allylic oxidation sites excluding steroid dienone is 1. The lowest BCUT2D eigenvalue weighted by Gasteiger charge is -2.25. The Morgan fingerprint density at radius 2 is 2.00 bits per heavy atom. The second kappa shape index (κ2) is 10.2. The van der Waals surface area contributed by atoms with Crippen LogP contribution in [0.25, 0.3) is 6.08 Å². The van der Waals surface area contributed by atoms with Crippen molar-refractivity contribution < 1.29 is 14.3 Å². The van der Waals surface area contributed by atoms with Crippen LogP contribution in [-0.2, 0) is 9.53 Å². The number of thiazole rings is 1. The lowest BCUT2D eigenvalue weighted by Crippen LogP contribution is -2.40. The number of carbonyl (C=O) groups is 1. The Morgan fingerprint density at radius 3 is 2.66 bits per heavy atom. The first-order valence-electron chi connectivity index (χ1n) is 11.1. The summed E-state index contributed by atoms with van der Waals surface area (Å²) in [4.78, 5) is 33.9. The van der Waals surface area contributed by atoms with E-state index in [2.05, 4.69) is 20.9 Å². The highest BCUT2D eigenvalue weighted by Gasteiger charge is 2.34. The Bertz CT molecular complexity index is 1500. The van der Waals surface area contributed by atoms with Gasteiger partial charge in [0.15, 0.2) is 4.80 Å².